The van der Waals surface area contributed by atoms with Gasteiger partial charge in [0, 0.05) is 25.8 Å². The third-order valence-corrected chi connectivity index (χ3v) is 11.8. The lowest BCUT2D eigenvalue weighted by Crippen LogP contribution is -2.36. The molecular weight excluding hydrogens is 633 g/mol. The summed E-state index contributed by atoms with van der Waals surface area (Å²) in [6.45, 7) is 5.90. The number of nitrogens with zero attached hydrogens (tertiary/aromatic N) is 2. The molecule has 4 aromatic carbocycles. The van der Waals surface area contributed by atoms with Crippen LogP contribution >= 0.6 is 0 Å². The Bertz CT molecular complexity index is 1620. The molecule has 4 aromatic rings. The molecule has 2 atom stereocenters. The highest BCUT2D eigenvalue weighted by molar-refractivity contribution is 5.54. The maximum absolute atomic E-state index is 6.62. The van der Waals surface area contributed by atoms with Gasteiger partial charge in [0.2, 0.25) is 6.79 Å². The zero-order valence-corrected chi connectivity index (χ0v) is 30.7. The number of piperidine rings is 2. The predicted octanol–water partition coefficient (Wildman–Crippen LogP) is 9.47. The second-order valence-corrected chi connectivity index (χ2v) is 14.6. The number of hydrogen-bond acceptors (Lipinski definition) is 6. The molecule has 0 bridgehead atoms. The van der Waals surface area contributed by atoms with Gasteiger partial charge in [0.15, 0.2) is 11.5 Å². The number of fused-ring (bicyclic) bond motifs is 1. The van der Waals surface area contributed by atoms with Crippen molar-refractivity contribution in [1.29, 1.82) is 0 Å². The molecule has 0 amide bonds. The van der Waals surface area contributed by atoms with Crippen LogP contribution in [0, 0.1) is 0 Å². The number of ether oxygens (including phenoxy) is 4. The zero-order valence-electron chi connectivity index (χ0n) is 30.7. The molecule has 0 spiro atoms. The van der Waals surface area contributed by atoms with Crippen LogP contribution in [0.1, 0.15) is 98.1 Å². The summed E-state index contributed by atoms with van der Waals surface area (Å²) in [4.78, 5) is 5.34. The minimum Gasteiger partial charge on any atom is -0.454 e. The number of hydrogen-bond donors (Lipinski definition) is 0. The highest BCUT2D eigenvalue weighted by Gasteiger charge is 2.40. The lowest BCUT2D eigenvalue weighted by atomic mass is 9.80. The third-order valence-electron chi connectivity index (χ3n) is 11.8. The van der Waals surface area contributed by atoms with Gasteiger partial charge in [-0.25, -0.2) is 0 Å². The highest BCUT2D eigenvalue weighted by Crippen LogP contribution is 2.48. The summed E-state index contributed by atoms with van der Waals surface area (Å²) < 4.78 is 25.0. The number of rotatable bonds is 15. The van der Waals surface area contributed by atoms with E-state index in [-0.39, 0.29) is 6.79 Å². The van der Waals surface area contributed by atoms with Crippen molar-refractivity contribution in [3.8, 4) is 11.5 Å². The number of likely N-dealkylation sites (tertiary alicyclic amines) is 2. The molecule has 3 aliphatic rings. The molecule has 2 fully saturated rings. The van der Waals surface area contributed by atoms with Crippen LogP contribution in [0.3, 0.4) is 0 Å². The van der Waals surface area contributed by atoms with Crippen molar-refractivity contribution in [2.75, 3.05) is 53.7 Å². The van der Waals surface area contributed by atoms with Crippen molar-refractivity contribution < 1.29 is 18.9 Å². The molecule has 270 valence electrons. The molecule has 51 heavy (non-hydrogen) atoms. The average molecular weight is 689 g/mol. The van der Waals surface area contributed by atoms with Crippen molar-refractivity contribution >= 4 is 0 Å². The van der Waals surface area contributed by atoms with Crippen LogP contribution in [0.2, 0.25) is 0 Å². The predicted molar refractivity (Wildman–Crippen MR) is 204 cm³/mol. The SMILES string of the molecule is COC(CCCN1CCCCC1c1ccc(C(CCCN2CCCCC2)(OC)c2cccc3c2OCO3)cc1)(c1ccccc1)c1ccccc1. The Morgan fingerprint density at radius 1 is 0.608 bits per heavy atom. The van der Waals surface area contributed by atoms with Gasteiger partial charge in [0.05, 0.1) is 0 Å². The number of benzene rings is 4. The summed E-state index contributed by atoms with van der Waals surface area (Å²) in [7, 11) is 3.72. The van der Waals surface area contributed by atoms with Crippen molar-refractivity contribution in [3.05, 3.63) is 131 Å². The Morgan fingerprint density at radius 3 is 1.92 bits per heavy atom. The van der Waals surface area contributed by atoms with E-state index in [0.29, 0.717) is 6.04 Å². The molecule has 6 heteroatoms. The van der Waals surface area contributed by atoms with E-state index in [4.69, 9.17) is 18.9 Å². The van der Waals surface area contributed by atoms with E-state index in [1.54, 1.807) is 0 Å². The fourth-order valence-electron chi connectivity index (χ4n) is 9.10. The van der Waals surface area contributed by atoms with Crippen LogP contribution in [-0.4, -0.2) is 63.5 Å². The molecular formula is C45H56N2O4. The highest BCUT2D eigenvalue weighted by atomic mass is 16.7. The maximum atomic E-state index is 6.62. The molecule has 0 N–H and O–H groups in total. The van der Waals surface area contributed by atoms with Gasteiger partial charge in [0.25, 0.3) is 0 Å². The lowest BCUT2D eigenvalue weighted by Gasteiger charge is -2.39. The summed E-state index contributed by atoms with van der Waals surface area (Å²) in [5.41, 5.74) is 4.94. The van der Waals surface area contributed by atoms with Gasteiger partial charge in [0.1, 0.15) is 11.2 Å². The van der Waals surface area contributed by atoms with E-state index >= 15 is 0 Å². The van der Waals surface area contributed by atoms with E-state index in [9.17, 15) is 0 Å². The van der Waals surface area contributed by atoms with E-state index in [0.717, 1.165) is 62.4 Å². The Morgan fingerprint density at radius 2 is 1.24 bits per heavy atom. The van der Waals surface area contributed by atoms with Crippen LogP contribution in [0.15, 0.2) is 103 Å². The first-order valence-electron chi connectivity index (χ1n) is 19.3. The van der Waals surface area contributed by atoms with Crippen LogP contribution in [-0.2, 0) is 20.7 Å². The summed E-state index contributed by atoms with van der Waals surface area (Å²) in [5.74, 6) is 1.62. The second-order valence-electron chi connectivity index (χ2n) is 14.6. The maximum Gasteiger partial charge on any atom is 0.231 e. The molecule has 0 aromatic heterocycles. The molecule has 7 rings (SSSR count). The van der Waals surface area contributed by atoms with Gasteiger partial charge in [-0.15, -0.1) is 0 Å². The van der Waals surface area contributed by atoms with Crippen molar-refractivity contribution in [3.63, 3.8) is 0 Å². The van der Waals surface area contributed by atoms with Crippen molar-refractivity contribution in [1.82, 2.24) is 9.80 Å². The van der Waals surface area contributed by atoms with E-state index in [1.807, 2.05) is 20.3 Å². The quantitative estimate of drug-likeness (QED) is 0.124. The Kier molecular flexibility index (Phi) is 11.7. The number of para-hydroxylation sites is 1. The summed E-state index contributed by atoms with van der Waals surface area (Å²) in [6, 6.07) is 37.5. The minimum atomic E-state index is -0.627. The van der Waals surface area contributed by atoms with Gasteiger partial charge in [-0.05, 0) is 112 Å². The normalized spacial score (nSPS) is 19.5. The van der Waals surface area contributed by atoms with Gasteiger partial charge < -0.3 is 23.8 Å². The molecule has 0 saturated carbocycles. The monoisotopic (exact) mass is 688 g/mol. The van der Waals surface area contributed by atoms with E-state index in [2.05, 4.69) is 107 Å². The van der Waals surface area contributed by atoms with Gasteiger partial charge in [-0.2, -0.15) is 0 Å². The standard InChI is InChI=1S/C45H56N2O4/c1-48-44(37-17-6-3-7-18-37,38-19-8-4-9-20-38)28-16-34-47-33-13-10-22-41(47)36-24-26-39(27-25-36)45(49-2,29-15-32-46-30-11-5-12-31-46)40-21-14-23-42-43(40)51-35-50-42/h3-4,6-9,14,17-21,23-27,41H,5,10-13,15-16,22,28-35H2,1-2H3. The molecule has 2 saturated heterocycles. The van der Waals surface area contributed by atoms with Gasteiger partial charge in [-0.3, -0.25) is 4.90 Å². The van der Waals surface area contributed by atoms with Crippen LogP contribution in [0.4, 0.5) is 0 Å². The molecule has 3 aliphatic heterocycles. The fraction of sp³-hybridized carbons (Fsp3) is 0.467. The van der Waals surface area contributed by atoms with E-state index in [1.165, 1.54) is 73.9 Å². The second kappa shape index (κ2) is 16.8. The van der Waals surface area contributed by atoms with Gasteiger partial charge >= 0.3 is 0 Å². The topological polar surface area (TPSA) is 43.4 Å². The Hall–Kier alpha value is -3.68. The molecule has 3 heterocycles. The van der Waals surface area contributed by atoms with Gasteiger partial charge in [-0.1, -0.05) is 110 Å². The third kappa shape index (κ3) is 7.61. The van der Waals surface area contributed by atoms with Crippen molar-refractivity contribution in [2.24, 2.45) is 0 Å². The molecule has 2 unspecified atom stereocenters. The van der Waals surface area contributed by atoms with Crippen LogP contribution in [0.25, 0.3) is 0 Å². The summed E-state index contributed by atoms with van der Waals surface area (Å²) in [6.07, 6.45) is 11.5. The van der Waals surface area contributed by atoms with Crippen molar-refractivity contribution in [2.45, 2.75) is 81.5 Å². The summed E-state index contributed by atoms with van der Waals surface area (Å²) in [5, 5.41) is 0. The Labute approximate surface area is 305 Å². The fourth-order valence-corrected chi connectivity index (χ4v) is 9.10. The lowest BCUT2D eigenvalue weighted by molar-refractivity contribution is 0.00796. The largest absolute Gasteiger partial charge is 0.454 e. The molecule has 0 radical (unpaired) electrons. The Balaban J connectivity index is 1.11. The first-order valence-corrected chi connectivity index (χ1v) is 19.3. The summed E-state index contributed by atoms with van der Waals surface area (Å²) >= 11 is 0. The minimum absolute atomic E-state index is 0.249. The molecule has 6 nitrogen and oxygen atoms in total. The average Bonchev–Trinajstić information content (AvgIpc) is 3.70. The van der Waals surface area contributed by atoms with Crippen LogP contribution < -0.4 is 9.47 Å². The van der Waals surface area contributed by atoms with E-state index < -0.39 is 11.2 Å². The first kappa shape index (κ1) is 35.7. The number of methoxy groups -OCH3 is 2. The zero-order chi connectivity index (χ0) is 34.9. The molecule has 0 aliphatic carbocycles. The first-order chi connectivity index (χ1) is 25.2. The smallest absolute Gasteiger partial charge is 0.231 e. The van der Waals surface area contributed by atoms with Crippen LogP contribution in [0.5, 0.6) is 11.5 Å².